The first kappa shape index (κ1) is 21.8. The summed E-state index contributed by atoms with van der Waals surface area (Å²) in [6.45, 7) is 3.21. The number of aliphatic imine (C=N–C) groups is 1. The molecular weight excluding hydrogens is 402 g/mol. The molecule has 0 unspecified atom stereocenters. The molecule has 4 rings (SSSR count). The molecular formula is C22H26N3O4S-. The highest BCUT2D eigenvalue weighted by Gasteiger charge is 2.17. The van der Waals surface area contributed by atoms with E-state index in [1.165, 1.54) is 31.0 Å². The molecule has 0 radical (unpaired) electrons. The number of allylic oxidation sites excluding steroid dienone is 1. The van der Waals surface area contributed by atoms with Crippen molar-refractivity contribution in [1.29, 1.82) is 0 Å². The Kier molecular flexibility index (Phi) is 7.46. The first-order chi connectivity index (χ1) is 14.5. The van der Waals surface area contributed by atoms with Gasteiger partial charge in [0, 0.05) is 37.1 Å². The number of carbonyl (C=O) groups is 1. The molecule has 2 heterocycles. The molecule has 0 amide bonds. The van der Waals surface area contributed by atoms with Crippen molar-refractivity contribution in [2.45, 2.75) is 30.6 Å². The van der Waals surface area contributed by atoms with Crippen LogP contribution in [0.4, 0.5) is 0 Å². The molecule has 0 atom stereocenters. The highest BCUT2D eigenvalue weighted by molar-refractivity contribution is 7.92. The van der Waals surface area contributed by atoms with E-state index in [4.69, 9.17) is 0 Å². The summed E-state index contributed by atoms with van der Waals surface area (Å²) in [5.41, 5.74) is 1.35. The normalized spacial score (nSPS) is 16.3. The number of hydrogen-bond donors (Lipinski definition) is 2. The fraction of sp³-hybridized carbons (Fsp3) is 0.364. The van der Waals surface area contributed by atoms with Crippen molar-refractivity contribution in [1.82, 2.24) is 10.6 Å². The maximum Gasteiger partial charge on any atom is 0.184 e. The first-order valence-electron chi connectivity index (χ1n) is 10.1. The minimum Gasteiger partial charge on any atom is -0.549 e. The Morgan fingerprint density at radius 2 is 1.80 bits per heavy atom. The van der Waals surface area contributed by atoms with Crippen molar-refractivity contribution < 1.29 is 18.3 Å². The Morgan fingerprint density at radius 1 is 1.03 bits per heavy atom. The minimum absolute atomic E-state index is 0.0276. The van der Waals surface area contributed by atoms with Gasteiger partial charge in [0.25, 0.3) is 0 Å². The third kappa shape index (κ3) is 6.06. The molecule has 7 nitrogen and oxygen atoms in total. The maximum absolute atomic E-state index is 11.8. The van der Waals surface area contributed by atoms with Gasteiger partial charge in [0.1, 0.15) is 5.84 Å². The van der Waals surface area contributed by atoms with Gasteiger partial charge in [0.2, 0.25) is 0 Å². The number of hydrogen-bond acceptors (Lipinski definition) is 7. The van der Waals surface area contributed by atoms with Crippen LogP contribution in [-0.2, 0) is 14.6 Å². The monoisotopic (exact) mass is 428 g/mol. The van der Waals surface area contributed by atoms with Crippen LogP contribution in [0.15, 0.2) is 64.1 Å². The largest absolute Gasteiger partial charge is 0.549 e. The highest BCUT2D eigenvalue weighted by Crippen LogP contribution is 2.23. The Balaban J connectivity index is 0.000000177. The first-order valence-corrected chi connectivity index (χ1v) is 11.7. The lowest BCUT2D eigenvalue weighted by molar-refractivity contribution is -0.301. The van der Waals surface area contributed by atoms with E-state index >= 15 is 0 Å². The van der Waals surface area contributed by atoms with E-state index < -0.39 is 21.6 Å². The quantitative estimate of drug-likeness (QED) is 0.745. The van der Waals surface area contributed by atoms with Crippen LogP contribution in [0.25, 0.3) is 10.8 Å². The summed E-state index contributed by atoms with van der Waals surface area (Å²) < 4.78 is 23.7. The zero-order chi connectivity index (χ0) is 21.4. The summed E-state index contributed by atoms with van der Waals surface area (Å²) >= 11 is 0. The predicted octanol–water partition coefficient (Wildman–Crippen LogP) is 1.40. The molecule has 8 heteroatoms. The van der Waals surface area contributed by atoms with Gasteiger partial charge in [0.05, 0.1) is 16.6 Å². The molecule has 2 N–H and O–H groups in total. The van der Waals surface area contributed by atoms with Gasteiger partial charge in [-0.2, -0.15) is 0 Å². The molecule has 0 spiro atoms. The molecule has 0 aromatic heterocycles. The SMILES string of the molecule is C1=C(CC2=NCCCN2)NCCC1.O=C([O-])CS(=O)(=O)c1cccc2ccccc12. The maximum atomic E-state index is 11.8. The topological polar surface area (TPSA) is 111 Å². The number of benzene rings is 2. The zero-order valence-electron chi connectivity index (χ0n) is 16.8. The Labute approximate surface area is 176 Å². The molecule has 0 aliphatic carbocycles. The van der Waals surface area contributed by atoms with Crippen LogP contribution < -0.4 is 15.7 Å². The van der Waals surface area contributed by atoms with E-state index in [0.29, 0.717) is 5.39 Å². The van der Waals surface area contributed by atoms with Crippen LogP contribution in [0.2, 0.25) is 0 Å². The second-order valence-electron chi connectivity index (χ2n) is 7.19. The number of carboxylic acid groups (broad SMARTS) is 1. The van der Waals surface area contributed by atoms with E-state index in [2.05, 4.69) is 21.7 Å². The standard InChI is InChI=1S/C12H10O4S.C10H17N3/c13-12(14)8-17(15,16)11-7-3-5-9-4-1-2-6-10(9)11;1-2-5-11-9(4-1)8-10-12-6-3-7-13-10/h1-7H,8H2,(H,13,14);4,11H,1-3,5-8H2,(H,12,13)/p-1. The number of amidine groups is 1. The average Bonchev–Trinajstić information content (AvgIpc) is 2.74. The molecule has 0 fully saturated rings. The summed E-state index contributed by atoms with van der Waals surface area (Å²) in [5, 5.41) is 18.5. The van der Waals surface area contributed by atoms with Gasteiger partial charge in [0.15, 0.2) is 9.84 Å². The predicted molar refractivity (Wildman–Crippen MR) is 116 cm³/mol. The highest BCUT2D eigenvalue weighted by atomic mass is 32.2. The number of nitrogens with zero attached hydrogens (tertiary/aromatic N) is 1. The van der Waals surface area contributed by atoms with Crippen molar-refractivity contribution in [3.05, 3.63) is 54.2 Å². The van der Waals surface area contributed by atoms with Crippen molar-refractivity contribution in [3.8, 4) is 0 Å². The number of carbonyl (C=O) groups excluding carboxylic acids is 1. The van der Waals surface area contributed by atoms with Crippen LogP contribution in [0.5, 0.6) is 0 Å². The third-order valence-corrected chi connectivity index (χ3v) is 6.48. The van der Waals surface area contributed by atoms with Gasteiger partial charge >= 0.3 is 0 Å². The summed E-state index contributed by atoms with van der Waals surface area (Å²) in [5.74, 6) is -1.44. The zero-order valence-corrected chi connectivity index (χ0v) is 17.6. The van der Waals surface area contributed by atoms with Gasteiger partial charge in [-0.1, -0.05) is 42.5 Å². The molecule has 2 aromatic rings. The fourth-order valence-electron chi connectivity index (χ4n) is 3.41. The van der Waals surface area contributed by atoms with Gasteiger partial charge in [-0.3, -0.25) is 4.99 Å². The average molecular weight is 429 g/mol. The van der Waals surface area contributed by atoms with Crippen LogP contribution >= 0.6 is 0 Å². The summed E-state index contributed by atoms with van der Waals surface area (Å²) in [7, 11) is -3.85. The van der Waals surface area contributed by atoms with Gasteiger partial charge in [-0.15, -0.1) is 0 Å². The summed E-state index contributed by atoms with van der Waals surface area (Å²) in [6.07, 6.45) is 6.93. The number of aliphatic carboxylic acids is 1. The number of sulfone groups is 1. The van der Waals surface area contributed by atoms with E-state index in [1.54, 1.807) is 36.4 Å². The molecule has 0 saturated carbocycles. The summed E-state index contributed by atoms with van der Waals surface area (Å²) in [4.78, 5) is 14.9. The van der Waals surface area contributed by atoms with E-state index in [9.17, 15) is 18.3 Å². The number of nitrogens with one attached hydrogen (secondary N) is 2. The van der Waals surface area contributed by atoms with Crippen molar-refractivity contribution in [3.63, 3.8) is 0 Å². The number of carboxylic acids is 1. The van der Waals surface area contributed by atoms with Crippen LogP contribution in [0.3, 0.4) is 0 Å². The van der Waals surface area contributed by atoms with E-state index in [-0.39, 0.29) is 4.90 Å². The second kappa shape index (κ2) is 10.2. The third-order valence-electron chi connectivity index (χ3n) is 4.84. The summed E-state index contributed by atoms with van der Waals surface area (Å²) in [6, 6.07) is 11.7. The Bertz CT molecular complexity index is 1030. The van der Waals surface area contributed by atoms with Crippen molar-refractivity contribution in [2.24, 2.45) is 4.99 Å². The molecule has 160 valence electrons. The number of fused-ring (bicyclic) bond motifs is 1. The van der Waals surface area contributed by atoms with Crippen molar-refractivity contribution in [2.75, 3.05) is 25.4 Å². The lowest BCUT2D eigenvalue weighted by Gasteiger charge is -2.19. The van der Waals surface area contributed by atoms with Crippen LogP contribution in [0.1, 0.15) is 25.7 Å². The minimum atomic E-state index is -3.85. The molecule has 0 saturated heterocycles. The lowest BCUT2D eigenvalue weighted by atomic mass is 10.1. The Hall–Kier alpha value is -2.87. The van der Waals surface area contributed by atoms with Crippen LogP contribution in [-0.4, -0.2) is 45.6 Å². The van der Waals surface area contributed by atoms with E-state index in [1.807, 2.05) is 0 Å². The van der Waals surface area contributed by atoms with Crippen molar-refractivity contribution >= 4 is 32.4 Å². The van der Waals surface area contributed by atoms with Crippen LogP contribution in [0, 0.1) is 0 Å². The van der Waals surface area contributed by atoms with Gasteiger partial charge in [-0.05, 0) is 30.7 Å². The molecule has 2 aliphatic rings. The van der Waals surface area contributed by atoms with E-state index in [0.717, 1.165) is 37.3 Å². The van der Waals surface area contributed by atoms with Gasteiger partial charge in [-0.25, -0.2) is 8.42 Å². The van der Waals surface area contributed by atoms with Gasteiger partial charge < -0.3 is 20.5 Å². The molecule has 2 aromatic carbocycles. The molecule has 30 heavy (non-hydrogen) atoms. The lowest BCUT2D eigenvalue weighted by Crippen LogP contribution is -2.32. The molecule has 0 bridgehead atoms. The Morgan fingerprint density at radius 3 is 2.50 bits per heavy atom. The smallest absolute Gasteiger partial charge is 0.184 e. The molecule has 2 aliphatic heterocycles. The second-order valence-corrected chi connectivity index (χ2v) is 9.15. The fourth-order valence-corrected chi connectivity index (χ4v) is 4.69. The number of rotatable bonds is 5.